The van der Waals surface area contributed by atoms with Crippen molar-refractivity contribution >= 4 is 11.5 Å². The molecule has 2 heterocycles. The van der Waals surface area contributed by atoms with Crippen LogP contribution in [0, 0.1) is 0 Å². The molecule has 1 aromatic heterocycles. The summed E-state index contributed by atoms with van der Waals surface area (Å²) in [5.41, 5.74) is 2.50. The zero-order valence-corrected chi connectivity index (χ0v) is 13.4. The minimum Gasteiger partial charge on any atom is -0.508 e. The molecule has 2 N–H and O–H groups in total. The van der Waals surface area contributed by atoms with Gasteiger partial charge in [-0.25, -0.2) is 9.99 Å². The summed E-state index contributed by atoms with van der Waals surface area (Å²) in [6.45, 7) is 0. The predicted octanol–water partition coefficient (Wildman–Crippen LogP) is 3.85. The van der Waals surface area contributed by atoms with Crippen molar-refractivity contribution in [2.75, 3.05) is 5.01 Å². The molecule has 5 nitrogen and oxygen atoms in total. The van der Waals surface area contributed by atoms with Crippen LogP contribution in [0.1, 0.15) is 23.6 Å². The van der Waals surface area contributed by atoms with E-state index in [1.54, 1.807) is 36.5 Å². The smallest absolute Gasteiger partial charge is 0.149 e. The van der Waals surface area contributed by atoms with Gasteiger partial charge >= 0.3 is 0 Å². The number of hydrogen-bond donors (Lipinski definition) is 2. The summed E-state index contributed by atoms with van der Waals surface area (Å²) in [5, 5.41) is 26.6. The molecule has 0 fully saturated rings. The fourth-order valence-electron chi connectivity index (χ4n) is 3.08. The highest BCUT2D eigenvalue weighted by Crippen LogP contribution is 2.39. The van der Waals surface area contributed by atoms with Crippen molar-refractivity contribution < 1.29 is 10.2 Å². The minimum atomic E-state index is -0.159. The summed E-state index contributed by atoms with van der Waals surface area (Å²) >= 11 is 0. The number of para-hydroxylation sites is 1. The molecule has 2 aromatic carbocycles. The van der Waals surface area contributed by atoms with Gasteiger partial charge in [-0.1, -0.05) is 36.4 Å². The van der Waals surface area contributed by atoms with Crippen LogP contribution in [-0.4, -0.2) is 20.9 Å². The third-order valence-electron chi connectivity index (χ3n) is 4.27. The fraction of sp³-hybridized carbons (Fsp3) is 0.100. The van der Waals surface area contributed by atoms with Gasteiger partial charge < -0.3 is 10.2 Å². The van der Waals surface area contributed by atoms with E-state index in [4.69, 9.17) is 5.10 Å². The number of phenols is 2. The van der Waals surface area contributed by atoms with Gasteiger partial charge in [0.1, 0.15) is 17.3 Å². The standard InChI is InChI=1S/C20H17N3O2/c24-15-7-5-6-14(12-15)17-13-18(16-8-1-2-9-19(16)25)23(22-17)20-10-3-4-11-21-20/h1-12,18,24-25H,13H2. The van der Waals surface area contributed by atoms with Gasteiger partial charge in [-0.2, -0.15) is 5.10 Å². The first-order valence-corrected chi connectivity index (χ1v) is 8.07. The number of nitrogens with zero attached hydrogens (tertiary/aromatic N) is 3. The lowest BCUT2D eigenvalue weighted by atomic mass is 9.97. The van der Waals surface area contributed by atoms with Gasteiger partial charge in [0.2, 0.25) is 0 Å². The number of hydrogen-bond acceptors (Lipinski definition) is 5. The number of rotatable bonds is 3. The van der Waals surface area contributed by atoms with Crippen molar-refractivity contribution in [3.8, 4) is 11.5 Å². The highest BCUT2D eigenvalue weighted by Gasteiger charge is 2.32. The monoisotopic (exact) mass is 331 g/mol. The number of pyridine rings is 1. The number of benzene rings is 2. The number of aromatic nitrogens is 1. The average Bonchev–Trinajstić information content (AvgIpc) is 3.08. The third kappa shape index (κ3) is 2.92. The van der Waals surface area contributed by atoms with Crippen LogP contribution in [-0.2, 0) is 0 Å². The zero-order chi connectivity index (χ0) is 17.2. The second-order valence-corrected chi connectivity index (χ2v) is 5.91. The summed E-state index contributed by atoms with van der Waals surface area (Å²) < 4.78 is 0. The lowest BCUT2D eigenvalue weighted by molar-refractivity contribution is 0.461. The Balaban J connectivity index is 1.78. The van der Waals surface area contributed by atoms with E-state index in [-0.39, 0.29) is 17.5 Å². The van der Waals surface area contributed by atoms with Crippen molar-refractivity contribution in [1.82, 2.24) is 4.98 Å². The molecule has 3 aromatic rings. The van der Waals surface area contributed by atoms with E-state index in [9.17, 15) is 10.2 Å². The van der Waals surface area contributed by atoms with Crippen molar-refractivity contribution in [1.29, 1.82) is 0 Å². The Morgan fingerprint density at radius 3 is 2.52 bits per heavy atom. The molecule has 0 bridgehead atoms. The molecule has 5 heteroatoms. The van der Waals surface area contributed by atoms with Gasteiger partial charge in [-0.05, 0) is 30.3 Å². The zero-order valence-electron chi connectivity index (χ0n) is 13.4. The quantitative estimate of drug-likeness (QED) is 0.765. The van der Waals surface area contributed by atoms with E-state index in [2.05, 4.69) is 4.98 Å². The van der Waals surface area contributed by atoms with Gasteiger partial charge in [-0.15, -0.1) is 0 Å². The second-order valence-electron chi connectivity index (χ2n) is 5.91. The van der Waals surface area contributed by atoms with Gasteiger partial charge in [0.25, 0.3) is 0 Å². The molecule has 25 heavy (non-hydrogen) atoms. The summed E-state index contributed by atoms with van der Waals surface area (Å²) in [7, 11) is 0. The molecule has 0 spiro atoms. The van der Waals surface area contributed by atoms with E-state index in [1.807, 2.05) is 41.4 Å². The molecule has 1 unspecified atom stereocenters. The van der Waals surface area contributed by atoms with Crippen LogP contribution in [0.15, 0.2) is 78.0 Å². The molecule has 1 aliphatic heterocycles. The minimum absolute atomic E-state index is 0.159. The molecule has 124 valence electrons. The Labute approximate surface area is 145 Å². The molecule has 4 rings (SSSR count). The van der Waals surface area contributed by atoms with Crippen LogP contribution < -0.4 is 5.01 Å². The number of hydrazone groups is 1. The van der Waals surface area contributed by atoms with Gasteiger partial charge in [0.05, 0.1) is 11.8 Å². The highest BCUT2D eigenvalue weighted by atomic mass is 16.3. The summed E-state index contributed by atoms with van der Waals surface area (Å²) in [4.78, 5) is 4.40. The number of aromatic hydroxyl groups is 2. The second kappa shape index (κ2) is 6.28. The van der Waals surface area contributed by atoms with E-state index in [0.29, 0.717) is 12.2 Å². The van der Waals surface area contributed by atoms with E-state index < -0.39 is 0 Å². The molecule has 0 aliphatic carbocycles. The van der Waals surface area contributed by atoms with E-state index >= 15 is 0 Å². The Morgan fingerprint density at radius 2 is 1.76 bits per heavy atom. The van der Waals surface area contributed by atoms with E-state index in [1.165, 1.54) is 0 Å². The highest BCUT2D eigenvalue weighted by molar-refractivity contribution is 6.03. The maximum absolute atomic E-state index is 10.3. The van der Waals surface area contributed by atoms with Crippen molar-refractivity contribution in [2.45, 2.75) is 12.5 Å². The van der Waals surface area contributed by atoms with Crippen LogP contribution >= 0.6 is 0 Å². The van der Waals surface area contributed by atoms with Crippen LogP contribution in [0.3, 0.4) is 0 Å². The topological polar surface area (TPSA) is 69.0 Å². The third-order valence-corrected chi connectivity index (χ3v) is 4.27. The van der Waals surface area contributed by atoms with Crippen molar-refractivity contribution in [3.05, 3.63) is 84.1 Å². The molecule has 0 amide bonds. The predicted molar refractivity (Wildman–Crippen MR) is 96.8 cm³/mol. The van der Waals surface area contributed by atoms with Crippen LogP contribution in [0.2, 0.25) is 0 Å². The van der Waals surface area contributed by atoms with Crippen molar-refractivity contribution in [3.63, 3.8) is 0 Å². The maximum Gasteiger partial charge on any atom is 0.149 e. The Morgan fingerprint density at radius 1 is 0.920 bits per heavy atom. The number of anilines is 1. The molecule has 1 atom stereocenters. The maximum atomic E-state index is 10.3. The first-order chi connectivity index (χ1) is 12.2. The first kappa shape index (κ1) is 15.2. The molecule has 1 aliphatic rings. The van der Waals surface area contributed by atoms with Gasteiger partial charge in [0.15, 0.2) is 0 Å². The van der Waals surface area contributed by atoms with Crippen LogP contribution in [0.5, 0.6) is 11.5 Å². The SMILES string of the molecule is Oc1cccc(C2=NN(c3ccccn3)C(c3ccccc3O)C2)c1. The Bertz CT molecular complexity index is 925. The van der Waals surface area contributed by atoms with E-state index in [0.717, 1.165) is 16.8 Å². The lowest BCUT2D eigenvalue weighted by Gasteiger charge is -2.23. The van der Waals surface area contributed by atoms with Crippen LogP contribution in [0.4, 0.5) is 5.82 Å². The fourth-order valence-corrected chi connectivity index (χ4v) is 3.08. The molecule has 0 radical (unpaired) electrons. The van der Waals surface area contributed by atoms with Gasteiger partial charge in [0, 0.05) is 23.7 Å². The largest absolute Gasteiger partial charge is 0.508 e. The average molecular weight is 331 g/mol. The normalized spacial score (nSPS) is 16.7. The summed E-state index contributed by atoms with van der Waals surface area (Å²) in [6.07, 6.45) is 2.33. The molecule has 0 saturated heterocycles. The van der Waals surface area contributed by atoms with Crippen molar-refractivity contribution in [2.24, 2.45) is 5.10 Å². The number of phenolic OH excluding ortho intramolecular Hbond substituents is 2. The molecular weight excluding hydrogens is 314 g/mol. The molecule has 0 saturated carbocycles. The Kier molecular flexibility index (Phi) is 3.82. The summed E-state index contributed by atoms with van der Waals surface area (Å²) in [6, 6.07) is 19.8. The Hall–Kier alpha value is -3.34. The van der Waals surface area contributed by atoms with Gasteiger partial charge in [-0.3, -0.25) is 0 Å². The lowest BCUT2D eigenvalue weighted by Crippen LogP contribution is -2.19. The molecular formula is C20H17N3O2. The van der Waals surface area contributed by atoms with Crippen LogP contribution in [0.25, 0.3) is 0 Å². The first-order valence-electron chi connectivity index (χ1n) is 8.07. The summed E-state index contributed by atoms with van der Waals surface area (Å²) in [5.74, 6) is 1.15.